The Bertz CT molecular complexity index is 1430. The molecule has 1 amide bonds. The molecule has 0 aliphatic heterocycles. The molecule has 0 saturated heterocycles. The molecule has 6 heteroatoms. The van der Waals surface area contributed by atoms with Crippen molar-refractivity contribution in [3.05, 3.63) is 126 Å². The largest absolute Gasteiger partial charge is 0.351 e. The Morgan fingerprint density at radius 1 is 0.917 bits per heavy atom. The highest BCUT2D eigenvalue weighted by Gasteiger charge is 2.13. The van der Waals surface area contributed by atoms with E-state index in [2.05, 4.69) is 58.2 Å². The highest BCUT2D eigenvalue weighted by molar-refractivity contribution is 7.98. The zero-order valence-corrected chi connectivity index (χ0v) is 21.0. The highest BCUT2D eigenvalue weighted by atomic mass is 32.2. The molecule has 36 heavy (non-hydrogen) atoms. The predicted octanol–water partition coefficient (Wildman–Crippen LogP) is 6.31. The third kappa shape index (κ3) is 5.66. The molecule has 0 spiro atoms. The first-order valence-electron chi connectivity index (χ1n) is 12.1. The fraction of sp³-hybridized carbons (Fsp3) is 0.167. The molecular weight excluding hydrogens is 464 g/mol. The topological polar surface area (TPSA) is 59.8 Å². The van der Waals surface area contributed by atoms with Crippen molar-refractivity contribution in [3.8, 4) is 0 Å². The van der Waals surface area contributed by atoms with Crippen LogP contribution in [0.1, 0.15) is 39.9 Å². The summed E-state index contributed by atoms with van der Waals surface area (Å²) < 4.78 is 2.20. The predicted molar refractivity (Wildman–Crippen MR) is 146 cm³/mol. The first-order chi connectivity index (χ1) is 17.7. The molecule has 2 aromatic heterocycles. The molecule has 0 aliphatic rings. The van der Waals surface area contributed by atoms with E-state index in [1.54, 1.807) is 18.0 Å². The van der Waals surface area contributed by atoms with E-state index in [1.165, 1.54) is 11.1 Å². The lowest BCUT2D eigenvalue weighted by molar-refractivity contribution is 0.0951. The second-order valence-corrected chi connectivity index (χ2v) is 9.78. The van der Waals surface area contributed by atoms with E-state index >= 15 is 0 Å². The van der Waals surface area contributed by atoms with Crippen molar-refractivity contribution >= 4 is 28.7 Å². The fourth-order valence-electron chi connectivity index (χ4n) is 4.12. The summed E-state index contributed by atoms with van der Waals surface area (Å²) in [6.07, 6.45) is 3.64. The first kappa shape index (κ1) is 23.8. The number of imidazole rings is 1. The number of rotatable bonds is 9. The third-order valence-electron chi connectivity index (χ3n) is 6.22. The van der Waals surface area contributed by atoms with E-state index in [0.29, 0.717) is 18.7 Å². The number of hydrogen-bond donors (Lipinski definition) is 1. The SMILES string of the molecule is CC(CNC(=O)c1ccc(Cn2c(SCc3ccccc3)nc3ccncc32)cc1)c1ccccc1. The van der Waals surface area contributed by atoms with Crippen LogP contribution in [0.5, 0.6) is 0 Å². The first-order valence-corrected chi connectivity index (χ1v) is 13.0. The number of benzene rings is 3. The van der Waals surface area contributed by atoms with Crippen molar-refractivity contribution in [2.24, 2.45) is 0 Å². The van der Waals surface area contributed by atoms with Gasteiger partial charge in [0.15, 0.2) is 5.16 Å². The number of carbonyl (C=O) groups is 1. The van der Waals surface area contributed by atoms with E-state index < -0.39 is 0 Å². The normalized spacial score (nSPS) is 11.9. The summed E-state index contributed by atoms with van der Waals surface area (Å²) in [6, 6.07) is 30.4. The number of aromatic nitrogens is 3. The van der Waals surface area contributed by atoms with E-state index in [1.807, 2.05) is 60.8 Å². The molecule has 1 N–H and O–H groups in total. The molecule has 0 saturated carbocycles. The maximum Gasteiger partial charge on any atom is 0.251 e. The Kier molecular flexibility index (Phi) is 7.43. The molecule has 0 fully saturated rings. The number of amides is 1. The highest BCUT2D eigenvalue weighted by Crippen LogP contribution is 2.27. The minimum atomic E-state index is -0.0549. The molecule has 5 aromatic rings. The van der Waals surface area contributed by atoms with Gasteiger partial charge in [0, 0.05) is 24.1 Å². The molecule has 5 rings (SSSR count). The Hall–Kier alpha value is -3.90. The summed E-state index contributed by atoms with van der Waals surface area (Å²) in [5.41, 5.74) is 6.19. The van der Waals surface area contributed by atoms with Gasteiger partial charge < -0.3 is 9.88 Å². The molecule has 5 nitrogen and oxygen atoms in total. The number of hydrogen-bond acceptors (Lipinski definition) is 4. The Morgan fingerprint density at radius 2 is 1.64 bits per heavy atom. The lowest BCUT2D eigenvalue weighted by Gasteiger charge is -2.13. The van der Waals surface area contributed by atoms with Gasteiger partial charge in [-0.15, -0.1) is 0 Å². The fourth-order valence-corrected chi connectivity index (χ4v) is 5.09. The summed E-state index contributed by atoms with van der Waals surface area (Å²) in [5.74, 6) is 1.04. The Morgan fingerprint density at radius 3 is 2.39 bits per heavy atom. The molecule has 0 aliphatic carbocycles. The monoisotopic (exact) mass is 492 g/mol. The van der Waals surface area contributed by atoms with Gasteiger partial charge in [0.05, 0.1) is 23.8 Å². The van der Waals surface area contributed by atoms with Crippen molar-refractivity contribution in [2.75, 3.05) is 6.54 Å². The summed E-state index contributed by atoms with van der Waals surface area (Å²) in [6.45, 7) is 3.38. The van der Waals surface area contributed by atoms with Crippen LogP contribution in [0.4, 0.5) is 0 Å². The molecule has 3 aromatic carbocycles. The molecule has 0 radical (unpaired) electrons. The number of nitrogens with zero attached hydrogens (tertiary/aromatic N) is 3. The smallest absolute Gasteiger partial charge is 0.251 e. The zero-order valence-electron chi connectivity index (χ0n) is 20.2. The maximum atomic E-state index is 12.7. The van der Waals surface area contributed by atoms with Gasteiger partial charge in [-0.3, -0.25) is 9.78 Å². The maximum absolute atomic E-state index is 12.7. The van der Waals surface area contributed by atoms with Crippen LogP contribution in [-0.2, 0) is 12.3 Å². The van der Waals surface area contributed by atoms with E-state index in [4.69, 9.17) is 4.98 Å². The average molecular weight is 493 g/mol. The van der Waals surface area contributed by atoms with Crippen molar-refractivity contribution < 1.29 is 4.79 Å². The van der Waals surface area contributed by atoms with E-state index in [9.17, 15) is 4.79 Å². The second-order valence-electron chi connectivity index (χ2n) is 8.84. The standard InChI is InChI=1S/C30H28N4OS/c1-22(25-10-6-3-7-11-25)18-32-29(35)26-14-12-23(13-15-26)20-34-28-19-31-17-16-27(28)33-30(34)36-21-24-8-4-2-5-9-24/h2-17,19,22H,18,20-21H2,1H3,(H,32,35). The van der Waals surface area contributed by atoms with Crippen LogP contribution in [0.2, 0.25) is 0 Å². The van der Waals surface area contributed by atoms with Crippen LogP contribution in [-0.4, -0.2) is 27.0 Å². The van der Waals surface area contributed by atoms with Crippen LogP contribution in [0.15, 0.2) is 109 Å². The minimum absolute atomic E-state index is 0.0549. The van der Waals surface area contributed by atoms with Crippen molar-refractivity contribution in [1.29, 1.82) is 0 Å². The molecule has 180 valence electrons. The van der Waals surface area contributed by atoms with Crippen LogP contribution in [0, 0.1) is 0 Å². The average Bonchev–Trinajstić information content (AvgIpc) is 3.29. The number of pyridine rings is 1. The third-order valence-corrected chi connectivity index (χ3v) is 7.27. The number of nitrogens with one attached hydrogen (secondary N) is 1. The van der Waals surface area contributed by atoms with E-state index in [0.717, 1.165) is 27.5 Å². The van der Waals surface area contributed by atoms with Gasteiger partial charge >= 0.3 is 0 Å². The van der Waals surface area contributed by atoms with Gasteiger partial charge in [0.2, 0.25) is 0 Å². The number of carbonyl (C=O) groups excluding carboxylic acids is 1. The van der Waals surface area contributed by atoms with Gasteiger partial charge in [-0.2, -0.15) is 0 Å². The molecule has 0 bridgehead atoms. The summed E-state index contributed by atoms with van der Waals surface area (Å²) in [7, 11) is 0. The molecule has 1 unspecified atom stereocenters. The van der Waals surface area contributed by atoms with Crippen LogP contribution in [0.3, 0.4) is 0 Å². The Balaban J connectivity index is 1.27. The number of fused-ring (bicyclic) bond motifs is 1. The molecule has 1 atom stereocenters. The summed E-state index contributed by atoms with van der Waals surface area (Å²) in [4.78, 5) is 21.9. The van der Waals surface area contributed by atoms with Gasteiger partial charge in [0.25, 0.3) is 5.91 Å². The summed E-state index contributed by atoms with van der Waals surface area (Å²) >= 11 is 1.72. The molecular formula is C30H28N4OS. The van der Waals surface area contributed by atoms with Gasteiger partial charge in [0.1, 0.15) is 0 Å². The number of thioether (sulfide) groups is 1. The zero-order chi connectivity index (χ0) is 24.7. The molecule has 2 heterocycles. The van der Waals surface area contributed by atoms with Crippen LogP contribution < -0.4 is 5.32 Å². The van der Waals surface area contributed by atoms with Gasteiger partial charge in [-0.25, -0.2) is 4.98 Å². The van der Waals surface area contributed by atoms with Crippen LogP contribution >= 0.6 is 11.8 Å². The van der Waals surface area contributed by atoms with Crippen molar-refractivity contribution in [2.45, 2.75) is 30.3 Å². The van der Waals surface area contributed by atoms with Crippen LogP contribution in [0.25, 0.3) is 11.0 Å². The lowest BCUT2D eigenvalue weighted by Crippen LogP contribution is -2.27. The Labute approximate surface area is 215 Å². The quantitative estimate of drug-likeness (QED) is 0.245. The minimum Gasteiger partial charge on any atom is -0.351 e. The lowest BCUT2D eigenvalue weighted by atomic mass is 10.0. The van der Waals surface area contributed by atoms with Gasteiger partial charge in [-0.05, 0) is 40.8 Å². The summed E-state index contributed by atoms with van der Waals surface area (Å²) in [5, 5.41) is 4.02. The van der Waals surface area contributed by atoms with Crippen molar-refractivity contribution in [3.63, 3.8) is 0 Å². The second kappa shape index (κ2) is 11.2. The van der Waals surface area contributed by atoms with Gasteiger partial charge in [-0.1, -0.05) is 91.5 Å². The van der Waals surface area contributed by atoms with E-state index in [-0.39, 0.29) is 11.8 Å². The van der Waals surface area contributed by atoms with Crippen molar-refractivity contribution in [1.82, 2.24) is 19.9 Å².